The van der Waals surface area contributed by atoms with Crippen molar-refractivity contribution in [2.45, 2.75) is 0 Å². The van der Waals surface area contributed by atoms with Crippen LogP contribution in [0.1, 0.15) is 10.4 Å². The first-order valence-corrected chi connectivity index (χ1v) is 8.37. The van der Waals surface area contributed by atoms with Crippen LogP contribution in [0.25, 0.3) is 0 Å². The number of nitrogens with zero attached hydrogens (tertiary/aromatic N) is 3. The number of piperazine rings is 1. The van der Waals surface area contributed by atoms with E-state index < -0.39 is 0 Å². The molecular weight excluding hydrogens is 308 g/mol. The normalized spacial score (nSPS) is 19.3. The molecule has 0 spiro atoms. The topological polar surface area (TPSA) is 79.1 Å². The molecule has 2 heterocycles. The summed E-state index contributed by atoms with van der Waals surface area (Å²) in [7, 11) is 0. The third-order valence-electron chi connectivity index (χ3n) is 4.53. The minimum absolute atomic E-state index is 0.0517. The Hall–Kier alpha value is -2.12. The number of para-hydroxylation sites is 1. The molecule has 0 unspecified atom stereocenters. The zero-order valence-electron chi connectivity index (χ0n) is 13.8. The van der Waals surface area contributed by atoms with Gasteiger partial charge < -0.3 is 20.3 Å². The van der Waals surface area contributed by atoms with Gasteiger partial charge in [0.25, 0.3) is 5.91 Å². The first-order valence-electron chi connectivity index (χ1n) is 8.37. The minimum atomic E-state index is -0.326. The van der Waals surface area contributed by atoms with Crippen LogP contribution in [0.4, 0.5) is 5.69 Å². The summed E-state index contributed by atoms with van der Waals surface area (Å²) >= 11 is 0. The average molecular weight is 332 g/mol. The molecule has 2 aliphatic heterocycles. The number of ether oxygens (including phenoxy) is 1. The zero-order chi connectivity index (χ0) is 16.9. The van der Waals surface area contributed by atoms with Crippen LogP contribution in [0.3, 0.4) is 0 Å². The standard InChI is InChI=1S/C17H24N4O3/c18-16(22)13-19-5-7-21(8-6-19)17(23)14-3-1-2-4-15(14)20-9-11-24-12-10-20/h1-4H,5-13H2,(H2,18,22). The zero-order valence-corrected chi connectivity index (χ0v) is 13.8. The maximum atomic E-state index is 12.9. The van der Waals surface area contributed by atoms with Crippen LogP contribution in [0.2, 0.25) is 0 Å². The molecule has 1 aromatic carbocycles. The van der Waals surface area contributed by atoms with Crippen molar-refractivity contribution >= 4 is 17.5 Å². The quantitative estimate of drug-likeness (QED) is 0.824. The van der Waals surface area contributed by atoms with E-state index in [2.05, 4.69) is 4.90 Å². The molecule has 0 aliphatic carbocycles. The number of carbonyl (C=O) groups is 2. The van der Waals surface area contributed by atoms with Crippen molar-refractivity contribution in [1.29, 1.82) is 0 Å². The lowest BCUT2D eigenvalue weighted by Gasteiger charge is -2.35. The molecule has 2 N–H and O–H groups in total. The van der Waals surface area contributed by atoms with Crippen LogP contribution in [-0.4, -0.2) is 80.6 Å². The number of primary amides is 1. The molecular formula is C17H24N4O3. The molecule has 2 amide bonds. The number of benzene rings is 1. The molecule has 0 radical (unpaired) electrons. The second-order valence-corrected chi connectivity index (χ2v) is 6.15. The molecule has 130 valence electrons. The maximum Gasteiger partial charge on any atom is 0.256 e. The van der Waals surface area contributed by atoms with E-state index in [1.165, 1.54) is 0 Å². The van der Waals surface area contributed by atoms with E-state index in [1.807, 2.05) is 34.1 Å². The highest BCUT2D eigenvalue weighted by Crippen LogP contribution is 2.23. The Kier molecular flexibility index (Phi) is 5.32. The van der Waals surface area contributed by atoms with E-state index in [4.69, 9.17) is 10.5 Å². The molecule has 2 fully saturated rings. The molecule has 1 aromatic rings. The van der Waals surface area contributed by atoms with Gasteiger partial charge in [-0.05, 0) is 12.1 Å². The van der Waals surface area contributed by atoms with E-state index in [0.717, 1.165) is 24.3 Å². The van der Waals surface area contributed by atoms with E-state index in [0.29, 0.717) is 39.4 Å². The van der Waals surface area contributed by atoms with Gasteiger partial charge in [-0.3, -0.25) is 14.5 Å². The van der Waals surface area contributed by atoms with Gasteiger partial charge >= 0.3 is 0 Å². The average Bonchev–Trinajstić information content (AvgIpc) is 2.62. The summed E-state index contributed by atoms with van der Waals surface area (Å²) in [5.74, 6) is -0.275. The summed E-state index contributed by atoms with van der Waals surface area (Å²) in [6.45, 7) is 5.82. The van der Waals surface area contributed by atoms with E-state index in [-0.39, 0.29) is 18.4 Å². The Bertz CT molecular complexity index is 593. The van der Waals surface area contributed by atoms with Gasteiger partial charge in [0.2, 0.25) is 5.91 Å². The number of amides is 2. The second kappa shape index (κ2) is 7.63. The summed E-state index contributed by atoms with van der Waals surface area (Å²) in [5.41, 5.74) is 6.95. The molecule has 2 aliphatic rings. The van der Waals surface area contributed by atoms with Gasteiger partial charge in [0.1, 0.15) is 0 Å². The third kappa shape index (κ3) is 3.85. The number of hydrogen-bond donors (Lipinski definition) is 1. The Morgan fingerprint density at radius 2 is 1.67 bits per heavy atom. The number of carbonyl (C=O) groups excluding carboxylic acids is 2. The highest BCUT2D eigenvalue weighted by molar-refractivity contribution is 6.00. The van der Waals surface area contributed by atoms with E-state index in [9.17, 15) is 9.59 Å². The highest BCUT2D eigenvalue weighted by Gasteiger charge is 2.26. The molecule has 0 bridgehead atoms. The molecule has 0 atom stereocenters. The van der Waals surface area contributed by atoms with E-state index >= 15 is 0 Å². The van der Waals surface area contributed by atoms with E-state index in [1.54, 1.807) is 0 Å². The summed E-state index contributed by atoms with van der Waals surface area (Å²) in [5, 5.41) is 0. The number of anilines is 1. The van der Waals surface area contributed by atoms with Crippen molar-refractivity contribution in [3.8, 4) is 0 Å². The van der Waals surface area contributed by atoms with Crippen LogP contribution in [0, 0.1) is 0 Å². The first kappa shape index (κ1) is 16.7. The van der Waals surface area contributed by atoms with Crippen LogP contribution in [-0.2, 0) is 9.53 Å². The van der Waals surface area contributed by atoms with Crippen molar-refractivity contribution < 1.29 is 14.3 Å². The summed E-state index contributed by atoms with van der Waals surface area (Å²) in [6, 6.07) is 7.76. The Labute approximate surface area is 141 Å². The van der Waals surface area contributed by atoms with Gasteiger partial charge in [0.05, 0.1) is 25.3 Å². The highest BCUT2D eigenvalue weighted by atomic mass is 16.5. The van der Waals surface area contributed by atoms with Gasteiger partial charge in [0.15, 0.2) is 0 Å². The Morgan fingerprint density at radius 1 is 1.00 bits per heavy atom. The molecule has 7 heteroatoms. The maximum absolute atomic E-state index is 12.9. The Morgan fingerprint density at radius 3 is 2.33 bits per heavy atom. The van der Waals surface area contributed by atoms with Crippen molar-refractivity contribution in [2.75, 3.05) is 63.9 Å². The van der Waals surface area contributed by atoms with Crippen molar-refractivity contribution in [3.63, 3.8) is 0 Å². The summed E-state index contributed by atoms with van der Waals surface area (Å²) in [4.78, 5) is 30.0. The van der Waals surface area contributed by atoms with Crippen molar-refractivity contribution in [3.05, 3.63) is 29.8 Å². The molecule has 7 nitrogen and oxygen atoms in total. The molecule has 24 heavy (non-hydrogen) atoms. The molecule has 3 rings (SSSR count). The SMILES string of the molecule is NC(=O)CN1CCN(C(=O)c2ccccc2N2CCOCC2)CC1. The van der Waals surface area contributed by atoms with Crippen LogP contribution < -0.4 is 10.6 Å². The molecule has 0 aromatic heterocycles. The fourth-order valence-corrected chi connectivity index (χ4v) is 3.23. The van der Waals surface area contributed by atoms with Crippen molar-refractivity contribution in [1.82, 2.24) is 9.80 Å². The van der Waals surface area contributed by atoms with Crippen LogP contribution >= 0.6 is 0 Å². The van der Waals surface area contributed by atoms with Crippen LogP contribution in [0.15, 0.2) is 24.3 Å². The van der Waals surface area contributed by atoms with Gasteiger partial charge in [-0.2, -0.15) is 0 Å². The first-order chi connectivity index (χ1) is 11.6. The number of nitrogens with two attached hydrogens (primary N) is 1. The fraction of sp³-hybridized carbons (Fsp3) is 0.529. The number of hydrogen-bond acceptors (Lipinski definition) is 5. The summed E-state index contributed by atoms with van der Waals surface area (Å²) < 4.78 is 5.40. The largest absolute Gasteiger partial charge is 0.378 e. The second-order valence-electron chi connectivity index (χ2n) is 6.15. The monoisotopic (exact) mass is 332 g/mol. The van der Waals surface area contributed by atoms with Gasteiger partial charge in [-0.15, -0.1) is 0 Å². The molecule has 0 saturated carbocycles. The van der Waals surface area contributed by atoms with Crippen LogP contribution in [0.5, 0.6) is 0 Å². The number of morpholine rings is 1. The lowest BCUT2D eigenvalue weighted by molar-refractivity contribution is -0.119. The third-order valence-corrected chi connectivity index (χ3v) is 4.53. The number of rotatable bonds is 4. The van der Waals surface area contributed by atoms with Gasteiger partial charge in [-0.25, -0.2) is 0 Å². The minimum Gasteiger partial charge on any atom is -0.378 e. The fourth-order valence-electron chi connectivity index (χ4n) is 3.23. The lowest BCUT2D eigenvalue weighted by Crippen LogP contribution is -2.50. The molecule has 2 saturated heterocycles. The smallest absolute Gasteiger partial charge is 0.256 e. The lowest BCUT2D eigenvalue weighted by atomic mass is 10.1. The predicted molar refractivity (Wildman–Crippen MR) is 91.0 cm³/mol. The van der Waals surface area contributed by atoms with Gasteiger partial charge in [-0.1, -0.05) is 12.1 Å². The van der Waals surface area contributed by atoms with Crippen molar-refractivity contribution in [2.24, 2.45) is 5.73 Å². The predicted octanol–water partition coefficient (Wildman–Crippen LogP) is -0.234. The van der Waals surface area contributed by atoms with Gasteiger partial charge in [0, 0.05) is 45.0 Å². The summed E-state index contributed by atoms with van der Waals surface area (Å²) in [6.07, 6.45) is 0. The Balaban J connectivity index is 1.68.